The topological polar surface area (TPSA) is 117 Å². The highest BCUT2D eigenvalue weighted by Crippen LogP contribution is 2.36. The number of ketones is 1. The van der Waals surface area contributed by atoms with E-state index in [2.05, 4.69) is 20.9 Å². The number of aromatic nitrogens is 1. The third-order valence-corrected chi connectivity index (χ3v) is 6.22. The molecule has 0 saturated heterocycles. The Balaban J connectivity index is 1.55. The Labute approximate surface area is 199 Å². The van der Waals surface area contributed by atoms with Gasteiger partial charge in [-0.15, -0.1) is 11.3 Å². The highest BCUT2D eigenvalue weighted by molar-refractivity contribution is 7.07. The van der Waals surface area contributed by atoms with E-state index < -0.39 is 47.9 Å². The lowest BCUT2D eigenvalue weighted by molar-refractivity contribution is -0.140. The zero-order valence-electron chi connectivity index (χ0n) is 18.4. The van der Waals surface area contributed by atoms with E-state index in [9.17, 15) is 28.0 Å². The zero-order valence-corrected chi connectivity index (χ0v) is 19.2. The SMILES string of the molecule is O=C(CNC(=O)C1CCC(F)(F)CC1)N[C@H](Cc1ccccc1)C(=O)C(=O)NCc1cscn1. The van der Waals surface area contributed by atoms with E-state index in [1.165, 1.54) is 11.3 Å². The van der Waals surface area contributed by atoms with Gasteiger partial charge >= 0.3 is 0 Å². The largest absolute Gasteiger partial charge is 0.347 e. The quantitative estimate of drug-likeness (QED) is 0.439. The molecule has 11 heteroatoms. The van der Waals surface area contributed by atoms with Gasteiger partial charge in [0.1, 0.15) is 6.04 Å². The summed E-state index contributed by atoms with van der Waals surface area (Å²) in [5.41, 5.74) is 2.95. The van der Waals surface area contributed by atoms with Gasteiger partial charge in [-0.05, 0) is 18.4 Å². The number of Topliss-reactive ketones (excluding diaryl/α,β-unsaturated/α-hetero) is 1. The lowest BCUT2D eigenvalue weighted by Gasteiger charge is -2.27. The van der Waals surface area contributed by atoms with Crippen molar-refractivity contribution < 1.29 is 28.0 Å². The fourth-order valence-corrected chi connectivity index (χ4v) is 4.22. The molecule has 1 fully saturated rings. The van der Waals surface area contributed by atoms with Gasteiger partial charge in [-0.3, -0.25) is 19.2 Å². The summed E-state index contributed by atoms with van der Waals surface area (Å²) in [7, 11) is 0. The van der Waals surface area contributed by atoms with Crippen molar-refractivity contribution in [3.63, 3.8) is 0 Å². The molecular weight excluding hydrogens is 466 g/mol. The summed E-state index contributed by atoms with van der Waals surface area (Å²) < 4.78 is 26.6. The summed E-state index contributed by atoms with van der Waals surface area (Å²) in [4.78, 5) is 54.0. The molecule has 182 valence electrons. The smallest absolute Gasteiger partial charge is 0.289 e. The molecule has 1 atom stereocenters. The van der Waals surface area contributed by atoms with Crippen LogP contribution in [-0.2, 0) is 32.1 Å². The van der Waals surface area contributed by atoms with Gasteiger partial charge in [0.25, 0.3) is 5.91 Å². The van der Waals surface area contributed by atoms with E-state index >= 15 is 0 Å². The lowest BCUT2D eigenvalue weighted by atomic mass is 9.86. The molecule has 2 aromatic rings. The average Bonchev–Trinajstić information content (AvgIpc) is 3.34. The van der Waals surface area contributed by atoms with Crippen LogP contribution in [0.4, 0.5) is 8.78 Å². The predicted octanol–water partition coefficient (Wildman–Crippen LogP) is 2.00. The second-order valence-electron chi connectivity index (χ2n) is 8.18. The fourth-order valence-electron chi connectivity index (χ4n) is 3.66. The molecule has 1 aromatic carbocycles. The van der Waals surface area contributed by atoms with Crippen LogP contribution < -0.4 is 16.0 Å². The molecule has 0 aliphatic heterocycles. The Morgan fingerprint density at radius 2 is 1.79 bits per heavy atom. The van der Waals surface area contributed by atoms with Crippen molar-refractivity contribution in [3.05, 3.63) is 52.5 Å². The van der Waals surface area contributed by atoms with Gasteiger partial charge in [-0.1, -0.05) is 30.3 Å². The molecule has 34 heavy (non-hydrogen) atoms. The standard InChI is InChI=1S/C23H26F2N4O4S/c24-23(25)8-6-16(7-9-23)21(32)27-12-19(30)29-18(10-15-4-2-1-3-5-15)20(31)22(33)26-11-17-13-34-14-28-17/h1-5,13-14,16,18H,6-12H2,(H,26,33)(H,27,32)(H,29,30)/t18-/m1/s1. The Bertz CT molecular complexity index is 992. The van der Waals surface area contributed by atoms with E-state index in [0.29, 0.717) is 5.69 Å². The summed E-state index contributed by atoms with van der Waals surface area (Å²) in [6.45, 7) is -0.346. The number of nitrogens with zero attached hydrogens (tertiary/aromatic N) is 1. The van der Waals surface area contributed by atoms with Crippen LogP contribution in [0.2, 0.25) is 0 Å². The number of rotatable bonds is 10. The zero-order chi connectivity index (χ0) is 24.6. The van der Waals surface area contributed by atoms with Crippen molar-refractivity contribution in [1.29, 1.82) is 0 Å². The third-order valence-electron chi connectivity index (χ3n) is 5.58. The maximum absolute atomic E-state index is 13.3. The van der Waals surface area contributed by atoms with Crippen molar-refractivity contribution in [2.75, 3.05) is 6.54 Å². The molecule has 1 aliphatic carbocycles. The number of thiazole rings is 1. The monoisotopic (exact) mass is 492 g/mol. The number of halogens is 2. The molecule has 0 spiro atoms. The van der Waals surface area contributed by atoms with Crippen LogP contribution in [-0.4, -0.2) is 47.0 Å². The van der Waals surface area contributed by atoms with Gasteiger partial charge in [0, 0.05) is 30.6 Å². The minimum Gasteiger partial charge on any atom is -0.347 e. The summed E-state index contributed by atoms with van der Waals surface area (Å²) in [5.74, 6) is -6.15. The molecule has 0 bridgehead atoms. The highest BCUT2D eigenvalue weighted by atomic mass is 32.1. The van der Waals surface area contributed by atoms with E-state index in [4.69, 9.17) is 0 Å². The van der Waals surface area contributed by atoms with E-state index in [1.54, 1.807) is 41.2 Å². The molecule has 1 aliphatic rings. The molecule has 0 radical (unpaired) electrons. The summed E-state index contributed by atoms with van der Waals surface area (Å²) in [5, 5.41) is 9.20. The minimum absolute atomic E-state index is 0.0503. The van der Waals surface area contributed by atoms with Gasteiger partial charge in [-0.25, -0.2) is 13.8 Å². The van der Waals surface area contributed by atoms with Crippen molar-refractivity contribution in [1.82, 2.24) is 20.9 Å². The van der Waals surface area contributed by atoms with Crippen LogP contribution >= 0.6 is 11.3 Å². The first-order valence-electron chi connectivity index (χ1n) is 10.9. The van der Waals surface area contributed by atoms with E-state index in [1.807, 2.05) is 0 Å². The molecular formula is C23H26F2N4O4S. The average molecular weight is 493 g/mol. The Morgan fingerprint density at radius 1 is 1.09 bits per heavy atom. The second kappa shape index (κ2) is 11.8. The number of nitrogens with one attached hydrogen (secondary N) is 3. The van der Waals surface area contributed by atoms with E-state index in [0.717, 1.165) is 5.56 Å². The van der Waals surface area contributed by atoms with Crippen molar-refractivity contribution in [2.45, 2.75) is 50.6 Å². The first kappa shape index (κ1) is 25.4. The van der Waals surface area contributed by atoms with Crippen LogP contribution in [0, 0.1) is 5.92 Å². The number of carbonyl (C=O) groups is 4. The third kappa shape index (κ3) is 7.68. The van der Waals surface area contributed by atoms with Gasteiger partial charge < -0.3 is 16.0 Å². The summed E-state index contributed by atoms with van der Waals surface area (Å²) in [6.07, 6.45) is -0.535. The van der Waals surface area contributed by atoms with Crippen LogP contribution in [0.1, 0.15) is 36.9 Å². The number of hydrogen-bond acceptors (Lipinski definition) is 6. The van der Waals surface area contributed by atoms with Crippen molar-refractivity contribution >= 4 is 34.8 Å². The Hall–Kier alpha value is -3.21. The number of hydrogen-bond donors (Lipinski definition) is 3. The lowest BCUT2D eigenvalue weighted by Crippen LogP contribution is -2.51. The maximum atomic E-state index is 13.3. The molecule has 1 heterocycles. The summed E-state index contributed by atoms with van der Waals surface area (Å²) >= 11 is 1.36. The molecule has 1 saturated carbocycles. The number of amides is 3. The molecule has 3 rings (SSSR count). The number of benzene rings is 1. The van der Waals surface area contributed by atoms with Crippen molar-refractivity contribution in [2.24, 2.45) is 5.92 Å². The van der Waals surface area contributed by atoms with Crippen LogP contribution in [0.5, 0.6) is 0 Å². The van der Waals surface area contributed by atoms with Gasteiger partial charge in [0.15, 0.2) is 0 Å². The molecule has 1 aromatic heterocycles. The number of carbonyl (C=O) groups excluding carboxylic acids is 4. The summed E-state index contributed by atoms with van der Waals surface area (Å²) in [6, 6.07) is 7.73. The van der Waals surface area contributed by atoms with Gasteiger partial charge in [-0.2, -0.15) is 0 Å². The minimum atomic E-state index is -2.75. The van der Waals surface area contributed by atoms with E-state index in [-0.39, 0.29) is 38.6 Å². The van der Waals surface area contributed by atoms with Crippen molar-refractivity contribution in [3.8, 4) is 0 Å². The van der Waals surface area contributed by atoms with Crippen LogP contribution in [0.3, 0.4) is 0 Å². The van der Waals surface area contributed by atoms with Gasteiger partial charge in [0.05, 0.1) is 24.3 Å². The molecule has 3 amide bonds. The number of alkyl halides is 2. The fraction of sp³-hybridized carbons (Fsp3) is 0.435. The van der Waals surface area contributed by atoms with Crippen LogP contribution in [0.25, 0.3) is 0 Å². The maximum Gasteiger partial charge on any atom is 0.289 e. The normalized spacial score (nSPS) is 16.3. The molecule has 0 unspecified atom stereocenters. The first-order chi connectivity index (χ1) is 16.2. The first-order valence-corrected chi connectivity index (χ1v) is 11.9. The van der Waals surface area contributed by atoms with Crippen LogP contribution in [0.15, 0.2) is 41.2 Å². The Morgan fingerprint density at radius 3 is 2.44 bits per heavy atom. The van der Waals surface area contributed by atoms with Gasteiger partial charge in [0.2, 0.25) is 23.5 Å². The molecule has 3 N–H and O–H groups in total. The second-order valence-corrected chi connectivity index (χ2v) is 8.90. The Kier molecular flexibility index (Phi) is 8.80. The molecule has 8 nitrogen and oxygen atoms in total. The highest BCUT2D eigenvalue weighted by Gasteiger charge is 2.37. The predicted molar refractivity (Wildman–Crippen MR) is 121 cm³/mol.